The zero-order valence-corrected chi connectivity index (χ0v) is 19.8. The molecule has 0 atom stereocenters. The largest absolute Gasteiger partial charge is 0.362 e. The zero-order chi connectivity index (χ0) is 22.4. The number of aromatic nitrogens is 2. The van der Waals surface area contributed by atoms with Gasteiger partial charge in [0.2, 0.25) is 5.95 Å². The number of unbranched alkanes of at least 4 members (excludes halogenated alkanes) is 8. The average molecular weight is 464 g/mol. The van der Waals surface area contributed by atoms with Crippen molar-refractivity contribution in [2.24, 2.45) is 0 Å². The minimum absolute atomic E-state index is 0.0339. The molecular weight excluding hydrogens is 430 g/mol. The molecule has 0 aliphatic carbocycles. The third-order valence-corrected chi connectivity index (χ3v) is 6.37. The van der Waals surface area contributed by atoms with E-state index in [0.29, 0.717) is 5.11 Å². The van der Waals surface area contributed by atoms with Crippen molar-refractivity contribution in [2.45, 2.75) is 69.6 Å². The maximum atomic E-state index is 12.4. The third kappa shape index (κ3) is 10.1. The normalized spacial score (nSPS) is 11.1. The zero-order valence-electron chi connectivity index (χ0n) is 18.1. The molecule has 0 aliphatic heterocycles. The van der Waals surface area contributed by atoms with Crippen LogP contribution in [0.25, 0.3) is 0 Å². The Hall–Kier alpha value is -2.26. The van der Waals surface area contributed by atoms with Crippen molar-refractivity contribution in [3.63, 3.8) is 0 Å². The van der Waals surface area contributed by atoms with Gasteiger partial charge in [-0.1, -0.05) is 58.3 Å². The lowest BCUT2D eigenvalue weighted by Crippen LogP contribution is -2.29. The highest BCUT2D eigenvalue weighted by Gasteiger charge is 2.15. The Morgan fingerprint density at radius 3 is 2.10 bits per heavy atom. The van der Waals surface area contributed by atoms with E-state index in [-0.39, 0.29) is 10.8 Å². The van der Waals surface area contributed by atoms with Gasteiger partial charge in [-0.25, -0.2) is 23.1 Å². The molecule has 0 amide bonds. The third-order valence-electron chi connectivity index (χ3n) is 4.78. The molecule has 9 heteroatoms. The summed E-state index contributed by atoms with van der Waals surface area (Å²) in [6, 6.07) is 7.98. The van der Waals surface area contributed by atoms with E-state index in [1.54, 1.807) is 18.2 Å². The van der Waals surface area contributed by atoms with Crippen molar-refractivity contribution in [2.75, 3.05) is 16.6 Å². The van der Waals surface area contributed by atoms with Crippen LogP contribution >= 0.6 is 12.2 Å². The summed E-state index contributed by atoms with van der Waals surface area (Å²) < 4.78 is 27.1. The standard InChI is InChI=1S/C22H33N5O2S2/c1-2-3-4-5-6-7-8-9-10-16-25-22(30)26-19-12-14-20(15-13-19)31(28,29)27-21-23-17-11-18-24-21/h11-15,17-18H,2-10,16H2,1H3,(H,23,24,27)(H2,25,26,30). The Labute approximate surface area is 191 Å². The molecule has 170 valence electrons. The monoisotopic (exact) mass is 463 g/mol. The van der Waals surface area contributed by atoms with Crippen LogP contribution in [0.2, 0.25) is 0 Å². The fourth-order valence-electron chi connectivity index (χ4n) is 3.06. The van der Waals surface area contributed by atoms with E-state index in [2.05, 4.69) is 32.2 Å². The molecule has 1 heterocycles. The van der Waals surface area contributed by atoms with E-state index in [1.807, 2.05) is 0 Å². The van der Waals surface area contributed by atoms with E-state index in [9.17, 15) is 8.42 Å². The minimum Gasteiger partial charge on any atom is -0.362 e. The first-order valence-electron chi connectivity index (χ1n) is 11.0. The van der Waals surface area contributed by atoms with Gasteiger partial charge >= 0.3 is 0 Å². The highest BCUT2D eigenvalue weighted by Crippen LogP contribution is 2.16. The topological polar surface area (TPSA) is 96.0 Å². The van der Waals surface area contributed by atoms with Crippen molar-refractivity contribution in [3.8, 4) is 0 Å². The number of sulfonamides is 1. The van der Waals surface area contributed by atoms with Gasteiger partial charge in [0.1, 0.15) is 0 Å². The smallest absolute Gasteiger partial charge is 0.264 e. The summed E-state index contributed by atoms with van der Waals surface area (Å²) in [5, 5.41) is 6.82. The van der Waals surface area contributed by atoms with Crippen LogP contribution in [0.1, 0.15) is 64.7 Å². The highest BCUT2D eigenvalue weighted by atomic mass is 32.2. The quantitative estimate of drug-likeness (QED) is 0.265. The summed E-state index contributed by atoms with van der Waals surface area (Å²) in [5.74, 6) is 0.0339. The van der Waals surface area contributed by atoms with Gasteiger partial charge in [-0.2, -0.15) is 0 Å². The van der Waals surface area contributed by atoms with Crippen LogP contribution in [-0.2, 0) is 10.0 Å². The first-order chi connectivity index (χ1) is 15.0. The van der Waals surface area contributed by atoms with Crippen LogP contribution in [0.5, 0.6) is 0 Å². The number of rotatable bonds is 14. The number of thiocarbonyl (C=S) groups is 1. The highest BCUT2D eigenvalue weighted by molar-refractivity contribution is 7.92. The predicted octanol–water partition coefficient (Wildman–Crippen LogP) is 5.09. The van der Waals surface area contributed by atoms with Crippen molar-refractivity contribution in [3.05, 3.63) is 42.7 Å². The second kappa shape index (κ2) is 13.9. The van der Waals surface area contributed by atoms with Crippen molar-refractivity contribution in [1.82, 2.24) is 15.3 Å². The van der Waals surface area contributed by atoms with Gasteiger partial charge in [0, 0.05) is 24.6 Å². The molecule has 7 nitrogen and oxygen atoms in total. The molecule has 0 unspecified atom stereocenters. The molecule has 0 saturated carbocycles. The molecule has 0 spiro atoms. The van der Waals surface area contributed by atoms with E-state index < -0.39 is 10.0 Å². The van der Waals surface area contributed by atoms with Crippen LogP contribution < -0.4 is 15.4 Å². The van der Waals surface area contributed by atoms with E-state index in [4.69, 9.17) is 12.2 Å². The van der Waals surface area contributed by atoms with Crippen LogP contribution in [0.4, 0.5) is 11.6 Å². The van der Waals surface area contributed by atoms with Gasteiger partial charge in [-0.3, -0.25) is 0 Å². The molecule has 1 aromatic heterocycles. The second-order valence-corrected chi connectivity index (χ2v) is 9.50. The fraction of sp³-hybridized carbons (Fsp3) is 0.500. The summed E-state index contributed by atoms with van der Waals surface area (Å²) in [6.07, 6.45) is 14.5. The van der Waals surface area contributed by atoms with Crippen LogP contribution in [0.15, 0.2) is 47.6 Å². The lowest BCUT2D eigenvalue weighted by Gasteiger charge is -2.11. The summed E-state index contributed by atoms with van der Waals surface area (Å²) in [5.41, 5.74) is 0.722. The summed E-state index contributed by atoms with van der Waals surface area (Å²) >= 11 is 5.32. The van der Waals surface area contributed by atoms with Crippen molar-refractivity contribution >= 4 is 39.0 Å². The Morgan fingerprint density at radius 2 is 1.48 bits per heavy atom. The molecule has 2 aromatic rings. The number of nitrogens with one attached hydrogen (secondary N) is 3. The number of hydrogen-bond donors (Lipinski definition) is 3. The number of hydrogen-bond acceptors (Lipinski definition) is 5. The number of anilines is 2. The number of benzene rings is 1. The average Bonchev–Trinajstić information content (AvgIpc) is 2.76. The maximum absolute atomic E-state index is 12.4. The van der Waals surface area contributed by atoms with Crippen molar-refractivity contribution < 1.29 is 8.42 Å². The van der Waals surface area contributed by atoms with E-state index >= 15 is 0 Å². The molecule has 0 bridgehead atoms. The fourth-order valence-corrected chi connectivity index (χ4v) is 4.24. The van der Waals surface area contributed by atoms with Gasteiger partial charge in [-0.05, 0) is 49.0 Å². The Bertz CT molecular complexity index is 875. The SMILES string of the molecule is CCCCCCCCCCCNC(=S)Nc1ccc(S(=O)(=O)Nc2ncccn2)cc1. The molecule has 0 aliphatic rings. The first-order valence-corrected chi connectivity index (χ1v) is 12.8. The first kappa shape index (κ1) is 25.0. The molecule has 0 saturated heterocycles. The molecular formula is C22H33N5O2S2. The van der Waals surface area contributed by atoms with Gasteiger partial charge in [0.25, 0.3) is 10.0 Å². The molecule has 1 aromatic carbocycles. The van der Waals surface area contributed by atoms with Crippen LogP contribution in [-0.4, -0.2) is 30.0 Å². The van der Waals surface area contributed by atoms with E-state index in [1.165, 1.54) is 75.9 Å². The molecule has 0 radical (unpaired) electrons. The van der Waals surface area contributed by atoms with Crippen LogP contribution in [0.3, 0.4) is 0 Å². The van der Waals surface area contributed by atoms with Gasteiger partial charge < -0.3 is 10.6 Å². The molecule has 0 fully saturated rings. The molecule has 31 heavy (non-hydrogen) atoms. The lowest BCUT2D eigenvalue weighted by atomic mass is 10.1. The van der Waals surface area contributed by atoms with Crippen molar-refractivity contribution in [1.29, 1.82) is 0 Å². The Morgan fingerprint density at radius 1 is 0.903 bits per heavy atom. The lowest BCUT2D eigenvalue weighted by molar-refractivity contribution is 0.563. The Balaban J connectivity index is 1.65. The van der Waals surface area contributed by atoms with Gasteiger partial charge in [-0.15, -0.1) is 0 Å². The van der Waals surface area contributed by atoms with E-state index in [0.717, 1.165) is 18.7 Å². The molecule has 3 N–H and O–H groups in total. The molecule has 2 rings (SSSR count). The van der Waals surface area contributed by atoms with Gasteiger partial charge in [0.15, 0.2) is 5.11 Å². The van der Waals surface area contributed by atoms with Gasteiger partial charge in [0.05, 0.1) is 4.90 Å². The summed E-state index contributed by atoms with van der Waals surface area (Å²) in [7, 11) is -3.74. The Kier molecular flexibility index (Phi) is 11.2. The predicted molar refractivity (Wildman–Crippen MR) is 131 cm³/mol. The maximum Gasteiger partial charge on any atom is 0.264 e. The second-order valence-electron chi connectivity index (χ2n) is 7.41. The van der Waals surface area contributed by atoms with Crippen LogP contribution in [0, 0.1) is 0 Å². The minimum atomic E-state index is -3.74. The summed E-state index contributed by atoms with van der Waals surface area (Å²) in [4.78, 5) is 7.87. The number of nitrogens with zero attached hydrogens (tertiary/aromatic N) is 2. The summed E-state index contributed by atoms with van der Waals surface area (Å²) in [6.45, 7) is 3.07.